The highest BCUT2D eigenvalue weighted by molar-refractivity contribution is 7.89. The molecule has 0 N–H and O–H groups in total. The molecule has 0 bridgehead atoms. The molecule has 0 amide bonds. The topological polar surface area (TPSA) is 37.4 Å². The third-order valence-corrected chi connectivity index (χ3v) is 5.80. The van der Waals surface area contributed by atoms with Gasteiger partial charge in [0.25, 0.3) is 0 Å². The summed E-state index contributed by atoms with van der Waals surface area (Å²) in [7, 11) is -3.11. The van der Waals surface area contributed by atoms with E-state index in [1.807, 2.05) is 16.8 Å². The summed E-state index contributed by atoms with van der Waals surface area (Å²) >= 11 is 1.61. The molecule has 2 rings (SSSR count). The van der Waals surface area contributed by atoms with E-state index in [1.54, 1.807) is 29.5 Å². The number of sulfonamides is 1. The molecule has 5 heteroatoms. The highest BCUT2D eigenvalue weighted by Gasteiger charge is 2.38. The van der Waals surface area contributed by atoms with Crippen molar-refractivity contribution in [2.45, 2.75) is 44.5 Å². The van der Waals surface area contributed by atoms with Gasteiger partial charge in [-0.2, -0.15) is 15.6 Å². The summed E-state index contributed by atoms with van der Waals surface area (Å²) < 4.78 is 26.0. The lowest BCUT2D eigenvalue weighted by atomic mass is 10.3. The van der Waals surface area contributed by atoms with Gasteiger partial charge in [0.05, 0.1) is 5.25 Å². The molecule has 1 aromatic rings. The van der Waals surface area contributed by atoms with Gasteiger partial charge in [0, 0.05) is 12.6 Å². The van der Waals surface area contributed by atoms with Crippen LogP contribution in [0.5, 0.6) is 0 Å². The maximum Gasteiger partial charge on any atom is 0.216 e. The fourth-order valence-corrected chi connectivity index (χ4v) is 3.78. The Balaban J connectivity index is 2.18. The Hall–Kier alpha value is -0.390. The van der Waals surface area contributed by atoms with Crippen LogP contribution in [0, 0.1) is 0 Å². The average Bonchev–Trinajstić information content (AvgIpc) is 2.91. The average molecular weight is 259 g/mol. The summed E-state index contributed by atoms with van der Waals surface area (Å²) in [6.45, 7) is 4.03. The van der Waals surface area contributed by atoms with Crippen LogP contribution in [0.4, 0.5) is 0 Å². The SMILES string of the molecule is CC(C)S(=O)(=O)N(Cc1ccsc1)C1CC1. The Morgan fingerprint density at radius 3 is 2.62 bits per heavy atom. The van der Waals surface area contributed by atoms with Gasteiger partial charge >= 0.3 is 0 Å². The smallest absolute Gasteiger partial charge is 0.212 e. The van der Waals surface area contributed by atoms with E-state index in [2.05, 4.69) is 0 Å². The minimum atomic E-state index is -3.11. The van der Waals surface area contributed by atoms with Gasteiger partial charge in [-0.15, -0.1) is 0 Å². The zero-order valence-electron chi connectivity index (χ0n) is 9.59. The van der Waals surface area contributed by atoms with Gasteiger partial charge in [0.1, 0.15) is 0 Å². The molecule has 0 saturated heterocycles. The van der Waals surface area contributed by atoms with Crippen molar-refractivity contribution in [1.29, 1.82) is 0 Å². The van der Waals surface area contributed by atoms with Crippen molar-refractivity contribution in [3.8, 4) is 0 Å². The van der Waals surface area contributed by atoms with Crippen LogP contribution in [-0.2, 0) is 16.6 Å². The van der Waals surface area contributed by atoms with Crippen molar-refractivity contribution < 1.29 is 8.42 Å². The van der Waals surface area contributed by atoms with Crippen LogP contribution >= 0.6 is 11.3 Å². The summed E-state index contributed by atoms with van der Waals surface area (Å²) in [5.41, 5.74) is 1.10. The number of thiophene rings is 1. The predicted molar refractivity (Wildman–Crippen MR) is 66.9 cm³/mol. The van der Waals surface area contributed by atoms with Crippen LogP contribution in [0.1, 0.15) is 32.3 Å². The van der Waals surface area contributed by atoms with Gasteiger partial charge in [-0.3, -0.25) is 0 Å². The van der Waals surface area contributed by atoms with Gasteiger partial charge in [0.15, 0.2) is 0 Å². The van der Waals surface area contributed by atoms with Crippen LogP contribution in [-0.4, -0.2) is 24.0 Å². The molecule has 90 valence electrons. The number of nitrogens with zero attached hydrogens (tertiary/aromatic N) is 1. The van der Waals surface area contributed by atoms with Crippen molar-refractivity contribution in [2.75, 3.05) is 0 Å². The molecule has 0 aliphatic heterocycles. The Kier molecular flexibility index (Phi) is 3.37. The van der Waals surface area contributed by atoms with Crippen LogP contribution in [0.25, 0.3) is 0 Å². The van der Waals surface area contributed by atoms with Crippen LogP contribution < -0.4 is 0 Å². The second kappa shape index (κ2) is 4.47. The number of hydrogen-bond donors (Lipinski definition) is 0. The molecule has 0 radical (unpaired) electrons. The molecule has 0 unspecified atom stereocenters. The molecule has 1 fully saturated rings. The summed E-state index contributed by atoms with van der Waals surface area (Å²) in [6.07, 6.45) is 2.02. The molecule has 16 heavy (non-hydrogen) atoms. The number of hydrogen-bond acceptors (Lipinski definition) is 3. The van der Waals surface area contributed by atoms with Crippen molar-refractivity contribution >= 4 is 21.4 Å². The summed E-state index contributed by atoms with van der Waals surface area (Å²) in [5, 5.41) is 3.68. The molecule has 0 aromatic carbocycles. The van der Waals surface area contributed by atoms with Crippen LogP contribution in [0.2, 0.25) is 0 Å². The minimum Gasteiger partial charge on any atom is -0.212 e. The maximum atomic E-state index is 12.2. The van der Waals surface area contributed by atoms with Gasteiger partial charge in [-0.25, -0.2) is 8.42 Å². The van der Waals surface area contributed by atoms with E-state index in [1.165, 1.54) is 0 Å². The van der Waals surface area contributed by atoms with Gasteiger partial charge in [-0.1, -0.05) is 0 Å². The fraction of sp³-hybridized carbons (Fsp3) is 0.636. The predicted octanol–water partition coefficient (Wildman–Crippen LogP) is 2.45. The third kappa shape index (κ3) is 2.47. The second-order valence-corrected chi connectivity index (χ2v) is 7.72. The molecule has 1 saturated carbocycles. The zero-order valence-corrected chi connectivity index (χ0v) is 11.2. The van der Waals surface area contributed by atoms with E-state index in [4.69, 9.17) is 0 Å². The first kappa shape index (κ1) is 12.1. The molecule has 3 nitrogen and oxygen atoms in total. The van der Waals surface area contributed by atoms with Crippen molar-refractivity contribution in [2.24, 2.45) is 0 Å². The zero-order chi connectivity index (χ0) is 11.8. The van der Waals surface area contributed by atoms with E-state index >= 15 is 0 Å². The highest BCUT2D eigenvalue weighted by atomic mass is 32.2. The Morgan fingerprint density at radius 1 is 1.50 bits per heavy atom. The number of rotatable bonds is 5. The highest BCUT2D eigenvalue weighted by Crippen LogP contribution is 2.32. The molecule has 0 atom stereocenters. The standard InChI is InChI=1S/C11H17NO2S2/c1-9(2)16(13,14)12(11-3-4-11)7-10-5-6-15-8-10/h5-6,8-9,11H,3-4,7H2,1-2H3. The Bertz CT molecular complexity index is 433. The molecule has 1 heterocycles. The molecular formula is C11H17NO2S2. The Labute approximate surface area is 101 Å². The monoisotopic (exact) mass is 259 g/mol. The van der Waals surface area contributed by atoms with Gasteiger partial charge < -0.3 is 0 Å². The first-order valence-electron chi connectivity index (χ1n) is 5.53. The molecular weight excluding hydrogens is 242 g/mol. The first-order chi connectivity index (χ1) is 7.51. The lowest BCUT2D eigenvalue weighted by Crippen LogP contribution is -2.37. The molecule has 1 aliphatic carbocycles. The van der Waals surface area contributed by atoms with E-state index in [-0.39, 0.29) is 11.3 Å². The summed E-state index contributed by atoms with van der Waals surface area (Å²) in [4.78, 5) is 0. The molecule has 0 spiro atoms. The Morgan fingerprint density at radius 2 is 2.19 bits per heavy atom. The summed E-state index contributed by atoms with van der Waals surface area (Å²) in [5.74, 6) is 0. The normalized spacial score (nSPS) is 17.2. The first-order valence-corrected chi connectivity index (χ1v) is 7.98. The van der Waals surface area contributed by atoms with Crippen molar-refractivity contribution in [3.05, 3.63) is 22.4 Å². The van der Waals surface area contributed by atoms with Crippen molar-refractivity contribution in [1.82, 2.24) is 4.31 Å². The minimum absolute atomic E-state index is 0.243. The quantitative estimate of drug-likeness (QED) is 0.814. The van der Waals surface area contributed by atoms with Crippen LogP contribution in [0.15, 0.2) is 16.8 Å². The molecule has 1 aromatic heterocycles. The molecule has 1 aliphatic rings. The van der Waals surface area contributed by atoms with E-state index in [9.17, 15) is 8.42 Å². The van der Waals surface area contributed by atoms with E-state index < -0.39 is 10.0 Å². The lowest BCUT2D eigenvalue weighted by molar-refractivity contribution is 0.394. The van der Waals surface area contributed by atoms with E-state index in [0.717, 1.165) is 18.4 Å². The van der Waals surface area contributed by atoms with Gasteiger partial charge in [-0.05, 0) is 49.1 Å². The van der Waals surface area contributed by atoms with Crippen LogP contribution in [0.3, 0.4) is 0 Å². The lowest BCUT2D eigenvalue weighted by Gasteiger charge is -2.23. The van der Waals surface area contributed by atoms with E-state index in [0.29, 0.717) is 6.54 Å². The largest absolute Gasteiger partial charge is 0.216 e. The third-order valence-electron chi connectivity index (χ3n) is 2.80. The summed E-state index contributed by atoms with van der Waals surface area (Å²) in [6, 6.07) is 2.24. The van der Waals surface area contributed by atoms with Crippen molar-refractivity contribution in [3.63, 3.8) is 0 Å². The maximum absolute atomic E-state index is 12.2. The second-order valence-electron chi connectivity index (χ2n) is 4.50. The fourth-order valence-electron chi connectivity index (χ4n) is 1.62. The van der Waals surface area contributed by atoms with Gasteiger partial charge in [0.2, 0.25) is 10.0 Å².